The fourth-order valence-electron chi connectivity index (χ4n) is 2.02. The van der Waals surface area contributed by atoms with Gasteiger partial charge in [-0.2, -0.15) is 0 Å². The van der Waals surface area contributed by atoms with Gasteiger partial charge in [0.1, 0.15) is 5.82 Å². The van der Waals surface area contributed by atoms with Crippen molar-refractivity contribution in [1.82, 2.24) is 5.32 Å². The van der Waals surface area contributed by atoms with Gasteiger partial charge >= 0.3 is 0 Å². The Morgan fingerprint density at radius 1 is 1.20 bits per heavy atom. The lowest BCUT2D eigenvalue weighted by Gasteiger charge is -2.03. The normalized spacial score (nSPS) is 10.8. The molecule has 0 atom stereocenters. The van der Waals surface area contributed by atoms with Crippen molar-refractivity contribution in [3.05, 3.63) is 76.1 Å². The molecule has 0 spiro atoms. The highest BCUT2D eigenvalue weighted by Gasteiger charge is 2.09. The first-order chi connectivity index (χ1) is 12.1. The predicted octanol–water partition coefficient (Wildman–Crippen LogP) is 4.05. The third kappa shape index (κ3) is 6.39. The van der Waals surface area contributed by atoms with Gasteiger partial charge in [-0.25, -0.2) is 4.39 Å². The first kappa shape index (κ1) is 18.7. The van der Waals surface area contributed by atoms with Crippen LogP contribution in [0.4, 0.5) is 10.1 Å². The molecule has 2 aromatic rings. The molecule has 0 aliphatic carbocycles. The summed E-state index contributed by atoms with van der Waals surface area (Å²) in [7, 11) is 0. The van der Waals surface area contributed by atoms with Crippen LogP contribution in [0.2, 0.25) is 0 Å². The van der Waals surface area contributed by atoms with Crippen molar-refractivity contribution < 1.29 is 14.1 Å². The van der Waals surface area contributed by atoms with Crippen molar-refractivity contribution >= 4 is 29.4 Å². The summed E-state index contributed by atoms with van der Waals surface area (Å²) in [6.45, 7) is 0.494. The zero-order chi connectivity index (χ0) is 18.1. The van der Waals surface area contributed by atoms with Crippen LogP contribution in [0.15, 0.2) is 59.5 Å². The van der Waals surface area contributed by atoms with Crippen molar-refractivity contribution in [2.24, 2.45) is 0 Å². The number of hydrogen-bond acceptors (Lipinski definition) is 4. The highest BCUT2D eigenvalue weighted by molar-refractivity contribution is 7.99. The predicted molar refractivity (Wildman–Crippen MR) is 96.9 cm³/mol. The number of halogens is 1. The molecule has 0 saturated carbocycles. The van der Waals surface area contributed by atoms with Crippen LogP contribution in [0.25, 0.3) is 6.08 Å². The van der Waals surface area contributed by atoms with Crippen molar-refractivity contribution in [3.63, 3.8) is 0 Å². The summed E-state index contributed by atoms with van der Waals surface area (Å²) in [4.78, 5) is 23.1. The second-order valence-electron chi connectivity index (χ2n) is 5.10. The number of nitrogens with one attached hydrogen (secondary N) is 1. The molecule has 0 aliphatic rings. The van der Waals surface area contributed by atoms with E-state index in [0.29, 0.717) is 12.1 Å². The van der Waals surface area contributed by atoms with Crippen LogP contribution in [0.1, 0.15) is 12.0 Å². The molecule has 2 rings (SSSR count). The topological polar surface area (TPSA) is 72.2 Å². The molecule has 1 N–H and O–H groups in total. The Morgan fingerprint density at radius 3 is 2.64 bits per heavy atom. The minimum atomic E-state index is -0.482. The monoisotopic (exact) mass is 360 g/mol. The van der Waals surface area contributed by atoms with Crippen molar-refractivity contribution in [3.8, 4) is 0 Å². The lowest BCUT2D eigenvalue weighted by molar-refractivity contribution is -0.385. The maximum absolute atomic E-state index is 12.8. The van der Waals surface area contributed by atoms with Gasteiger partial charge in [-0.15, -0.1) is 11.8 Å². The summed E-state index contributed by atoms with van der Waals surface area (Å²) in [6.07, 6.45) is 3.48. The number of nitro groups is 1. The lowest BCUT2D eigenvalue weighted by atomic mass is 10.1. The summed E-state index contributed by atoms with van der Waals surface area (Å²) < 4.78 is 12.8. The van der Waals surface area contributed by atoms with E-state index in [2.05, 4.69) is 5.32 Å². The second-order valence-corrected chi connectivity index (χ2v) is 6.26. The molecule has 0 aromatic heterocycles. The molecule has 0 aliphatic heterocycles. The van der Waals surface area contributed by atoms with Crippen LogP contribution in [-0.4, -0.2) is 23.1 Å². The summed E-state index contributed by atoms with van der Waals surface area (Å²) >= 11 is 1.59. The standard InChI is InChI=1S/C18H17FN2O3S/c19-15-7-9-16(10-8-15)25-13-3-12-20-18(22)11-6-14-4-1-2-5-17(14)21(23)24/h1-2,4-11H,3,12-13H2,(H,20,22)/b11-6+. The van der Waals surface area contributed by atoms with Crippen LogP contribution >= 0.6 is 11.8 Å². The van der Waals surface area contributed by atoms with Gasteiger partial charge in [-0.05, 0) is 48.6 Å². The van der Waals surface area contributed by atoms with Gasteiger partial charge < -0.3 is 5.32 Å². The first-order valence-corrected chi connectivity index (χ1v) is 8.62. The van der Waals surface area contributed by atoms with Gasteiger partial charge in [0.05, 0.1) is 10.5 Å². The van der Waals surface area contributed by atoms with Gasteiger partial charge in [0.2, 0.25) is 5.91 Å². The van der Waals surface area contributed by atoms with Gasteiger partial charge in [0.15, 0.2) is 0 Å². The Labute approximate surface area is 149 Å². The number of carbonyl (C=O) groups is 1. The maximum atomic E-state index is 12.8. The Hall–Kier alpha value is -2.67. The van der Waals surface area contributed by atoms with E-state index in [1.165, 1.54) is 30.4 Å². The largest absolute Gasteiger partial charge is 0.353 e. The Balaban J connectivity index is 1.72. The van der Waals surface area contributed by atoms with E-state index in [0.717, 1.165) is 17.1 Å². The number of thioether (sulfide) groups is 1. The lowest BCUT2D eigenvalue weighted by Crippen LogP contribution is -2.22. The molecule has 0 unspecified atom stereocenters. The Morgan fingerprint density at radius 2 is 1.92 bits per heavy atom. The van der Waals surface area contributed by atoms with Gasteiger partial charge in [-0.1, -0.05) is 12.1 Å². The van der Waals surface area contributed by atoms with Crippen molar-refractivity contribution in [2.45, 2.75) is 11.3 Å². The minimum absolute atomic E-state index is 0.0396. The number of carbonyl (C=O) groups excluding carboxylic acids is 1. The third-order valence-corrected chi connectivity index (χ3v) is 4.35. The highest BCUT2D eigenvalue weighted by atomic mass is 32.2. The molecular formula is C18H17FN2O3S. The molecule has 0 fully saturated rings. The second kappa shape index (κ2) is 9.58. The molecule has 0 heterocycles. The molecular weight excluding hydrogens is 343 g/mol. The van der Waals surface area contributed by atoms with E-state index in [1.807, 2.05) is 0 Å². The van der Waals surface area contributed by atoms with Gasteiger partial charge in [0, 0.05) is 23.6 Å². The summed E-state index contributed by atoms with van der Waals surface area (Å²) in [5.74, 6) is 0.228. The van der Waals surface area contributed by atoms with Crippen LogP contribution in [-0.2, 0) is 4.79 Å². The zero-order valence-electron chi connectivity index (χ0n) is 13.4. The first-order valence-electron chi connectivity index (χ1n) is 7.64. The van der Waals surface area contributed by atoms with E-state index in [-0.39, 0.29) is 17.4 Å². The van der Waals surface area contributed by atoms with E-state index >= 15 is 0 Å². The molecule has 0 bridgehead atoms. The number of nitro benzene ring substituents is 1. The van der Waals surface area contributed by atoms with Gasteiger partial charge in [0.25, 0.3) is 5.69 Å². The molecule has 5 nitrogen and oxygen atoms in total. The fourth-order valence-corrected chi connectivity index (χ4v) is 2.88. The van der Waals surface area contributed by atoms with Crippen LogP contribution < -0.4 is 5.32 Å². The molecule has 25 heavy (non-hydrogen) atoms. The molecule has 0 saturated heterocycles. The summed E-state index contributed by atoms with van der Waals surface area (Å²) in [5, 5.41) is 13.6. The van der Waals surface area contributed by atoms with Gasteiger partial charge in [-0.3, -0.25) is 14.9 Å². The zero-order valence-corrected chi connectivity index (χ0v) is 14.2. The van der Waals surface area contributed by atoms with E-state index in [1.54, 1.807) is 42.1 Å². The maximum Gasteiger partial charge on any atom is 0.276 e. The van der Waals surface area contributed by atoms with Crippen LogP contribution in [0, 0.1) is 15.9 Å². The molecule has 130 valence electrons. The molecule has 1 amide bonds. The fraction of sp³-hybridized carbons (Fsp3) is 0.167. The average molecular weight is 360 g/mol. The molecule has 2 aromatic carbocycles. The van der Waals surface area contributed by atoms with Crippen molar-refractivity contribution in [1.29, 1.82) is 0 Å². The molecule has 0 radical (unpaired) electrons. The smallest absolute Gasteiger partial charge is 0.276 e. The minimum Gasteiger partial charge on any atom is -0.353 e. The number of hydrogen-bond donors (Lipinski definition) is 1. The van der Waals surface area contributed by atoms with E-state index < -0.39 is 4.92 Å². The summed E-state index contributed by atoms with van der Waals surface area (Å²) in [6, 6.07) is 12.5. The SMILES string of the molecule is O=C(/C=C/c1ccccc1[N+](=O)[O-])NCCCSc1ccc(F)cc1. The van der Waals surface area contributed by atoms with E-state index in [4.69, 9.17) is 0 Å². The Kier molecular flexibility index (Phi) is 7.16. The summed E-state index contributed by atoms with van der Waals surface area (Å²) in [5.41, 5.74) is 0.344. The number of nitrogens with zero attached hydrogens (tertiary/aromatic N) is 1. The number of rotatable bonds is 8. The number of amides is 1. The van der Waals surface area contributed by atoms with Crippen LogP contribution in [0.5, 0.6) is 0 Å². The number of benzene rings is 2. The quantitative estimate of drug-likeness (QED) is 0.253. The van der Waals surface area contributed by atoms with Crippen LogP contribution in [0.3, 0.4) is 0 Å². The average Bonchev–Trinajstić information content (AvgIpc) is 2.61. The number of para-hydroxylation sites is 1. The highest BCUT2D eigenvalue weighted by Crippen LogP contribution is 2.19. The Bertz CT molecular complexity index is 763. The van der Waals surface area contributed by atoms with E-state index in [9.17, 15) is 19.3 Å². The third-order valence-electron chi connectivity index (χ3n) is 3.25. The molecule has 7 heteroatoms. The van der Waals surface area contributed by atoms with Crippen molar-refractivity contribution in [2.75, 3.05) is 12.3 Å².